The summed E-state index contributed by atoms with van der Waals surface area (Å²) in [7, 11) is 0. The second kappa shape index (κ2) is 7.29. The Morgan fingerprint density at radius 3 is 2.39 bits per heavy atom. The van der Waals surface area contributed by atoms with E-state index in [1.807, 2.05) is 48.5 Å². The molecule has 1 amide bonds. The van der Waals surface area contributed by atoms with Crippen molar-refractivity contribution in [1.82, 2.24) is 9.88 Å². The number of thiazole rings is 1. The minimum Gasteiger partial charge on any atom is -0.591 e. The van der Waals surface area contributed by atoms with Gasteiger partial charge in [-0.2, -0.15) is 0 Å². The summed E-state index contributed by atoms with van der Waals surface area (Å²) in [5.74, 6) is 0. The normalized spacial score (nSPS) is 21.9. The summed E-state index contributed by atoms with van der Waals surface area (Å²) in [5, 5.41) is 1.01. The average molecular weight is 426 g/mol. The Hall–Kier alpha value is -1.12. The summed E-state index contributed by atoms with van der Waals surface area (Å²) in [6.45, 7) is 14.7. The Morgan fingerprint density at radius 2 is 1.86 bits per heavy atom. The molecule has 2 heterocycles. The molecule has 0 unspecified atom stereocenters. The van der Waals surface area contributed by atoms with Crippen LogP contribution < -0.4 is 0 Å². The largest absolute Gasteiger partial charge is 0.591 e. The number of likely N-dealkylation sites (tertiary alicyclic amines) is 1. The molecule has 1 aliphatic heterocycles. The molecular formula is C20H31N3O3S2. The molecule has 8 heteroatoms. The predicted octanol–water partition coefficient (Wildman–Crippen LogP) is 4.28. The van der Waals surface area contributed by atoms with E-state index < -0.39 is 21.7 Å². The molecule has 1 aromatic rings. The van der Waals surface area contributed by atoms with Gasteiger partial charge in [0.05, 0.1) is 15.6 Å². The zero-order valence-corrected chi connectivity index (χ0v) is 19.6. The lowest BCUT2D eigenvalue weighted by molar-refractivity contribution is 0.0159. The highest BCUT2D eigenvalue weighted by Crippen LogP contribution is 2.47. The molecule has 6 nitrogen and oxygen atoms in total. The molecule has 1 fully saturated rings. The van der Waals surface area contributed by atoms with Gasteiger partial charge in [-0.05, 0) is 61.3 Å². The van der Waals surface area contributed by atoms with Crippen molar-refractivity contribution in [2.24, 2.45) is 9.81 Å². The number of carbonyl (C=O) groups excluding carboxylic acids is 1. The summed E-state index contributed by atoms with van der Waals surface area (Å²) in [6, 6.07) is 0. The van der Waals surface area contributed by atoms with Crippen LogP contribution in [-0.2, 0) is 22.5 Å². The number of piperidine rings is 1. The van der Waals surface area contributed by atoms with Crippen LogP contribution in [0.15, 0.2) is 4.40 Å². The lowest BCUT2D eigenvalue weighted by Crippen LogP contribution is -2.47. The van der Waals surface area contributed by atoms with Crippen LogP contribution in [0.1, 0.15) is 70.0 Å². The molecule has 2 aliphatic rings. The van der Waals surface area contributed by atoms with Crippen molar-refractivity contribution in [2.75, 3.05) is 13.1 Å². The molecule has 0 saturated carbocycles. The van der Waals surface area contributed by atoms with Crippen LogP contribution >= 0.6 is 11.3 Å². The molecule has 28 heavy (non-hydrogen) atoms. The summed E-state index contributed by atoms with van der Waals surface area (Å²) >= 11 is 0.316. The van der Waals surface area contributed by atoms with E-state index in [1.54, 1.807) is 16.2 Å². The Kier molecular flexibility index (Phi) is 5.62. The molecular weight excluding hydrogens is 394 g/mol. The number of fused-ring (bicyclic) bond motifs is 1. The first kappa shape index (κ1) is 21.6. The van der Waals surface area contributed by atoms with Gasteiger partial charge in [0, 0.05) is 24.9 Å². The molecule has 0 aromatic carbocycles. The van der Waals surface area contributed by atoms with Crippen LogP contribution in [0.3, 0.4) is 0 Å². The number of hydrogen-bond acceptors (Lipinski definition) is 6. The summed E-state index contributed by atoms with van der Waals surface area (Å²) in [4.78, 5) is 20.0. The topological polar surface area (TPSA) is 77.9 Å². The van der Waals surface area contributed by atoms with E-state index >= 15 is 0 Å². The predicted molar refractivity (Wildman–Crippen MR) is 114 cm³/mol. The van der Waals surface area contributed by atoms with E-state index in [0.717, 1.165) is 40.6 Å². The lowest BCUT2D eigenvalue weighted by Gasteiger charge is -2.39. The molecule has 3 rings (SSSR count). The number of carbonyl (C=O) groups is 1. The number of ether oxygens (including phenoxy) is 1. The van der Waals surface area contributed by atoms with Gasteiger partial charge in [-0.15, -0.1) is 11.3 Å². The number of rotatable bonds is 1. The van der Waals surface area contributed by atoms with E-state index in [0.29, 0.717) is 13.1 Å². The van der Waals surface area contributed by atoms with E-state index in [9.17, 15) is 9.35 Å². The highest BCUT2D eigenvalue weighted by Gasteiger charge is 2.50. The highest BCUT2D eigenvalue weighted by molar-refractivity contribution is 7.91. The van der Waals surface area contributed by atoms with Crippen molar-refractivity contribution in [3.63, 3.8) is 0 Å². The van der Waals surface area contributed by atoms with E-state index in [1.165, 1.54) is 0 Å². The number of aryl methyl sites for hydroxylation is 1. The van der Waals surface area contributed by atoms with Crippen molar-refractivity contribution in [2.45, 2.75) is 78.1 Å². The SMILES string of the molecule is Cc1nc2c(s1)/C(=N\[S@@+]([O-])C(C)(C)C)C1(CCN(C(=O)OC(C)(C)C)CC1)C2. The number of amides is 1. The summed E-state index contributed by atoms with van der Waals surface area (Å²) < 4.78 is 22.7. The Morgan fingerprint density at radius 1 is 1.25 bits per heavy atom. The number of hydrogen-bond donors (Lipinski definition) is 0. The first-order valence-electron chi connectivity index (χ1n) is 9.77. The van der Waals surface area contributed by atoms with Gasteiger partial charge in [-0.25, -0.2) is 9.78 Å². The van der Waals surface area contributed by atoms with Crippen LogP contribution in [0, 0.1) is 12.3 Å². The van der Waals surface area contributed by atoms with Crippen LogP contribution in [-0.4, -0.2) is 49.7 Å². The van der Waals surface area contributed by atoms with Crippen LogP contribution in [0.5, 0.6) is 0 Å². The molecule has 1 saturated heterocycles. The highest BCUT2D eigenvalue weighted by atomic mass is 32.2. The second-order valence-corrected chi connectivity index (χ2v) is 12.8. The van der Waals surface area contributed by atoms with Gasteiger partial charge >= 0.3 is 6.09 Å². The third-order valence-electron chi connectivity index (χ3n) is 5.10. The number of nitrogens with zero attached hydrogens (tertiary/aromatic N) is 3. The molecule has 1 spiro atoms. The van der Waals surface area contributed by atoms with Gasteiger partial charge in [0.15, 0.2) is 0 Å². The van der Waals surface area contributed by atoms with Crippen molar-refractivity contribution in [3.8, 4) is 0 Å². The van der Waals surface area contributed by atoms with E-state index in [2.05, 4.69) is 0 Å². The minimum atomic E-state index is -1.32. The summed E-state index contributed by atoms with van der Waals surface area (Å²) in [5.41, 5.74) is 1.32. The van der Waals surface area contributed by atoms with Gasteiger partial charge in [0.25, 0.3) is 0 Å². The van der Waals surface area contributed by atoms with Gasteiger partial charge < -0.3 is 14.2 Å². The Labute approximate surface area is 175 Å². The summed E-state index contributed by atoms with van der Waals surface area (Å²) in [6.07, 6.45) is 2.12. The molecule has 0 bridgehead atoms. The fraction of sp³-hybridized carbons (Fsp3) is 0.750. The third-order valence-corrected chi connectivity index (χ3v) is 7.51. The van der Waals surface area contributed by atoms with E-state index in [4.69, 9.17) is 14.1 Å². The quantitative estimate of drug-likeness (QED) is 0.629. The number of aromatic nitrogens is 1. The Balaban J connectivity index is 1.84. The maximum absolute atomic E-state index is 12.8. The third kappa shape index (κ3) is 4.39. The molecule has 1 atom stereocenters. The average Bonchev–Trinajstić information content (AvgIpc) is 3.00. The molecule has 1 aliphatic carbocycles. The lowest BCUT2D eigenvalue weighted by atomic mass is 9.75. The first-order valence-corrected chi connectivity index (χ1v) is 11.7. The second-order valence-electron chi connectivity index (χ2n) is 9.73. The van der Waals surface area contributed by atoms with Crippen LogP contribution in [0.4, 0.5) is 4.79 Å². The van der Waals surface area contributed by atoms with Crippen LogP contribution in [0.2, 0.25) is 0 Å². The molecule has 1 aromatic heterocycles. The molecule has 0 radical (unpaired) electrons. The zero-order chi connectivity index (χ0) is 20.9. The van der Waals surface area contributed by atoms with Crippen molar-refractivity contribution >= 4 is 34.5 Å². The van der Waals surface area contributed by atoms with E-state index in [-0.39, 0.29) is 11.5 Å². The monoisotopic (exact) mass is 425 g/mol. The molecule has 156 valence electrons. The Bertz CT molecular complexity index is 782. The van der Waals surface area contributed by atoms with Gasteiger partial charge in [-0.1, -0.05) is 4.40 Å². The standard InChI is InChI=1S/C20H31N3O3S2/c1-13-21-14-12-20(16(15(14)27-13)22-28(25)19(5,6)7)8-10-23(11-9-20)17(24)26-18(2,3)4/h8-12H2,1-7H3/b22-16+/t28-/m0/s1. The minimum absolute atomic E-state index is 0.179. The molecule has 0 N–H and O–H groups in total. The fourth-order valence-corrected chi connectivity index (χ4v) is 5.46. The van der Waals surface area contributed by atoms with Crippen LogP contribution in [0.25, 0.3) is 0 Å². The van der Waals surface area contributed by atoms with Gasteiger partial charge in [-0.3, -0.25) is 0 Å². The first-order chi connectivity index (χ1) is 12.8. The smallest absolute Gasteiger partial charge is 0.410 e. The maximum Gasteiger partial charge on any atom is 0.410 e. The van der Waals surface area contributed by atoms with Crippen molar-refractivity contribution in [3.05, 3.63) is 15.6 Å². The maximum atomic E-state index is 12.8. The van der Waals surface area contributed by atoms with Gasteiger partial charge in [0.1, 0.15) is 27.4 Å². The van der Waals surface area contributed by atoms with Crippen molar-refractivity contribution in [1.29, 1.82) is 0 Å². The zero-order valence-electron chi connectivity index (χ0n) is 17.9. The van der Waals surface area contributed by atoms with Crippen molar-refractivity contribution < 1.29 is 14.1 Å². The van der Waals surface area contributed by atoms with Gasteiger partial charge in [0.2, 0.25) is 0 Å². The fourth-order valence-electron chi connectivity index (χ4n) is 3.64.